The Kier molecular flexibility index (Phi) is 3.74. The molecule has 1 aromatic carbocycles. The van der Waals surface area contributed by atoms with E-state index in [4.69, 9.17) is 0 Å². The van der Waals surface area contributed by atoms with Gasteiger partial charge in [-0.3, -0.25) is 9.20 Å². The van der Waals surface area contributed by atoms with E-state index in [2.05, 4.69) is 20.6 Å². The van der Waals surface area contributed by atoms with Gasteiger partial charge in [0, 0.05) is 24.2 Å². The van der Waals surface area contributed by atoms with E-state index in [1.54, 1.807) is 23.0 Å². The summed E-state index contributed by atoms with van der Waals surface area (Å²) in [4.78, 5) is 12.5. The van der Waals surface area contributed by atoms with Gasteiger partial charge in [0.05, 0.1) is 11.7 Å². The second kappa shape index (κ2) is 6.20. The Morgan fingerprint density at radius 1 is 1.04 bits per heavy atom. The molecule has 0 spiro atoms. The van der Waals surface area contributed by atoms with Gasteiger partial charge in [-0.25, -0.2) is 4.68 Å². The molecule has 0 aliphatic rings. The fourth-order valence-corrected chi connectivity index (χ4v) is 2.69. The van der Waals surface area contributed by atoms with Crippen molar-refractivity contribution in [1.82, 2.24) is 29.7 Å². The van der Waals surface area contributed by atoms with Crippen LogP contribution in [0.15, 0.2) is 67.1 Å². The van der Waals surface area contributed by atoms with Crippen LogP contribution in [0.2, 0.25) is 0 Å². The van der Waals surface area contributed by atoms with E-state index in [0.29, 0.717) is 11.4 Å². The van der Waals surface area contributed by atoms with E-state index in [1.165, 1.54) is 0 Å². The van der Waals surface area contributed by atoms with Crippen LogP contribution in [0, 0.1) is 0 Å². The highest BCUT2D eigenvalue weighted by Gasteiger charge is 2.16. The number of fused-ring (bicyclic) bond motifs is 1. The van der Waals surface area contributed by atoms with Crippen molar-refractivity contribution in [2.24, 2.45) is 0 Å². The third-order valence-electron chi connectivity index (χ3n) is 3.97. The van der Waals surface area contributed by atoms with Crippen LogP contribution in [0.1, 0.15) is 29.1 Å². The number of pyridine rings is 1. The number of carbonyl (C=O) groups is 1. The topological polar surface area (TPSA) is 77.1 Å². The highest BCUT2D eigenvalue weighted by Crippen LogP contribution is 2.14. The lowest BCUT2D eigenvalue weighted by molar-refractivity contribution is 0.0938. The molecule has 0 saturated carbocycles. The van der Waals surface area contributed by atoms with Crippen molar-refractivity contribution in [3.63, 3.8) is 0 Å². The second-order valence-electron chi connectivity index (χ2n) is 5.68. The number of nitrogens with one attached hydrogen (secondary N) is 1. The summed E-state index contributed by atoms with van der Waals surface area (Å²) >= 11 is 0. The molecule has 124 valence electrons. The first-order valence-corrected chi connectivity index (χ1v) is 7.93. The van der Waals surface area contributed by atoms with Gasteiger partial charge in [0.1, 0.15) is 0 Å². The number of hydrogen-bond donors (Lipinski definition) is 1. The summed E-state index contributed by atoms with van der Waals surface area (Å²) in [6.45, 7) is 1.89. The van der Waals surface area contributed by atoms with E-state index < -0.39 is 0 Å². The number of amides is 1. The van der Waals surface area contributed by atoms with Gasteiger partial charge in [-0.05, 0) is 49.4 Å². The molecular formula is C18H16N6O. The monoisotopic (exact) mass is 332 g/mol. The molecule has 3 heterocycles. The number of hydrogen-bond acceptors (Lipinski definition) is 4. The number of nitrogens with zero attached hydrogens (tertiary/aromatic N) is 5. The standard InChI is InChI=1S/C18H16N6O/c1-13(17-22-21-16-5-2-3-11-23(16)17)20-18(25)14-6-8-15(9-7-14)24-12-4-10-19-24/h2-13H,1H3,(H,20,25). The first kappa shape index (κ1) is 15.1. The Labute approximate surface area is 143 Å². The Morgan fingerprint density at radius 2 is 1.88 bits per heavy atom. The van der Waals surface area contributed by atoms with E-state index in [1.807, 2.05) is 60.1 Å². The normalized spacial score (nSPS) is 12.2. The van der Waals surface area contributed by atoms with Crippen molar-refractivity contribution in [3.8, 4) is 5.69 Å². The van der Waals surface area contributed by atoms with Gasteiger partial charge in [0.2, 0.25) is 0 Å². The molecular weight excluding hydrogens is 316 g/mol. The summed E-state index contributed by atoms with van der Waals surface area (Å²) in [5, 5.41) is 15.4. The maximum absolute atomic E-state index is 12.5. The molecule has 0 fully saturated rings. The van der Waals surface area contributed by atoms with Crippen molar-refractivity contribution in [3.05, 3.63) is 78.5 Å². The van der Waals surface area contributed by atoms with Crippen LogP contribution in [0.3, 0.4) is 0 Å². The van der Waals surface area contributed by atoms with Gasteiger partial charge in [0.15, 0.2) is 11.5 Å². The van der Waals surface area contributed by atoms with Crippen LogP contribution in [0.5, 0.6) is 0 Å². The summed E-state index contributed by atoms with van der Waals surface area (Å²) in [5.74, 6) is 0.532. The summed E-state index contributed by atoms with van der Waals surface area (Å²) in [6, 6.07) is 14.5. The molecule has 0 saturated heterocycles. The number of benzene rings is 1. The molecule has 0 aliphatic carbocycles. The van der Waals surface area contributed by atoms with Crippen molar-refractivity contribution < 1.29 is 4.79 Å². The van der Waals surface area contributed by atoms with Crippen molar-refractivity contribution in [1.29, 1.82) is 0 Å². The number of carbonyl (C=O) groups excluding carboxylic acids is 1. The van der Waals surface area contributed by atoms with E-state index in [0.717, 1.165) is 11.3 Å². The van der Waals surface area contributed by atoms with Crippen LogP contribution >= 0.6 is 0 Å². The van der Waals surface area contributed by atoms with Crippen LogP contribution in [-0.2, 0) is 0 Å². The molecule has 1 unspecified atom stereocenters. The van der Waals surface area contributed by atoms with Gasteiger partial charge in [-0.2, -0.15) is 5.10 Å². The number of rotatable bonds is 4. The largest absolute Gasteiger partial charge is 0.342 e. The SMILES string of the molecule is CC(NC(=O)c1ccc(-n2cccn2)cc1)c1nnc2ccccn12. The Hall–Kier alpha value is -3.48. The van der Waals surface area contributed by atoms with E-state index >= 15 is 0 Å². The zero-order chi connectivity index (χ0) is 17.2. The van der Waals surface area contributed by atoms with Gasteiger partial charge in [0.25, 0.3) is 5.91 Å². The van der Waals surface area contributed by atoms with Gasteiger partial charge in [-0.15, -0.1) is 10.2 Å². The number of aromatic nitrogens is 5. The molecule has 1 atom stereocenters. The molecule has 7 nitrogen and oxygen atoms in total. The Morgan fingerprint density at radius 3 is 2.64 bits per heavy atom. The quantitative estimate of drug-likeness (QED) is 0.622. The van der Waals surface area contributed by atoms with Crippen LogP contribution in [0.25, 0.3) is 11.3 Å². The van der Waals surface area contributed by atoms with Crippen molar-refractivity contribution in [2.75, 3.05) is 0 Å². The molecule has 1 amide bonds. The molecule has 3 aromatic heterocycles. The molecule has 1 N–H and O–H groups in total. The average Bonchev–Trinajstić information content (AvgIpc) is 3.31. The molecule has 0 radical (unpaired) electrons. The lowest BCUT2D eigenvalue weighted by atomic mass is 10.2. The zero-order valence-electron chi connectivity index (χ0n) is 13.6. The molecule has 25 heavy (non-hydrogen) atoms. The van der Waals surface area contributed by atoms with Crippen molar-refractivity contribution in [2.45, 2.75) is 13.0 Å². The molecule has 4 aromatic rings. The predicted molar refractivity (Wildman–Crippen MR) is 92.4 cm³/mol. The van der Waals surface area contributed by atoms with Crippen molar-refractivity contribution >= 4 is 11.6 Å². The van der Waals surface area contributed by atoms with Crippen LogP contribution in [-0.4, -0.2) is 30.3 Å². The summed E-state index contributed by atoms with van der Waals surface area (Å²) in [5.41, 5.74) is 2.23. The summed E-state index contributed by atoms with van der Waals surface area (Å²) in [7, 11) is 0. The fourth-order valence-electron chi connectivity index (χ4n) is 2.69. The molecule has 0 aliphatic heterocycles. The fraction of sp³-hybridized carbons (Fsp3) is 0.111. The first-order chi connectivity index (χ1) is 12.2. The minimum Gasteiger partial charge on any atom is -0.342 e. The molecule has 7 heteroatoms. The zero-order valence-corrected chi connectivity index (χ0v) is 13.6. The minimum atomic E-state index is -0.268. The summed E-state index contributed by atoms with van der Waals surface area (Å²) in [6.07, 6.45) is 5.45. The van der Waals surface area contributed by atoms with E-state index in [-0.39, 0.29) is 11.9 Å². The summed E-state index contributed by atoms with van der Waals surface area (Å²) < 4.78 is 3.61. The highest BCUT2D eigenvalue weighted by molar-refractivity contribution is 5.94. The first-order valence-electron chi connectivity index (χ1n) is 7.93. The van der Waals surface area contributed by atoms with Crippen LogP contribution in [0.4, 0.5) is 0 Å². The highest BCUT2D eigenvalue weighted by atomic mass is 16.1. The molecule has 0 bridgehead atoms. The van der Waals surface area contributed by atoms with Gasteiger partial charge < -0.3 is 5.32 Å². The predicted octanol–water partition coefficient (Wildman–Crippen LogP) is 2.41. The maximum atomic E-state index is 12.5. The lowest BCUT2D eigenvalue weighted by Gasteiger charge is -2.12. The third kappa shape index (κ3) is 2.87. The third-order valence-corrected chi connectivity index (χ3v) is 3.97. The van der Waals surface area contributed by atoms with E-state index in [9.17, 15) is 4.79 Å². The molecule has 4 rings (SSSR count). The smallest absolute Gasteiger partial charge is 0.251 e. The Bertz CT molecular complexity index is 1000. The minimum absolute atomic E-state index is 0.160. The maximum Gasteiger partial charge on any atom is 0.251 e. The lowest BCUT2D eigenvalue weighted by Crippen LogP contribution is -2.28. The van der Waals surface area contributed by atoms with Gasteiger partial charge >= 0.3 is 0 Å². The van der Waals surface area contributed by atoms with Crippen LogP contribution < -0.4 is 5.32 Å². The average molecular weight is 332 g/mol. The van der Waals surface area contributed by atoms with Gasteiger partial charge in [-0.1, -0.05) is 6.07 Å². The second-order valence-corrected chi connectivity index (χ2v) is 5.68. The Balaban J connectivity index is 1.51.